The van der Waals surface area contributed by atoms with Gasteiger partial charge in [0, 0.05) is 4.43 Å². The number of esters is 1. The number of aliphatic hydroxyl groups excluding tert-OH is 2. The summed E-state index contributed by atoms with van der Waals surface area (Å²) in [5, 5.41) is 18.4. The maximum Gasteiger partial charge on any atom is 0.309 e. The van der Waals surface area contributed by atoms with Crippen molar-refractivity contribution in [2.75, 3.05) is 11.0 Å². The monoisotopic (exact) mass is 314 g/mol. The molecule has 5 heteroatoms. The number of halogens is 1. The van der Waals surface area contributed by atoms with Crippen LogP contribution in [0.1, 0.15) is 13.3 Å². The van der Waals surface area contributed by atoms with Crippen molar-refractivity contribution < 1.29 is 19.7 Å². The van der Waals surface area contributed by atoms with Crippen LogP contribution in [0.15, 0.2) is 12.2 Å². The summed E-state index contributed by atoms with van der Waals surface area (Å²) < 4.78 is 5.12. The molecule has 0 amide bonds. The van der Waals surface area contributed by atoms with Crippen LogP contribution in [0, 0.1) is 0 Å². The molecule has 0 bridgehead atoms. The van der Waals surface area contributed by atoms with Crippen LogP contribution in [-0.4, -0.2) is 39.4 Å². The van der Waals surface area contributed by atoms with Gasteiger partial charge in [0.05, 0.1) is 25.2 Å². The summed E-state index contributed by atoms with van der Waals surface area (Å²) >= 11 is 1.97. The van der Waals surface area contributed by atoms with Crippen molar-refractivity contribution in [3.05, 3.63) is 12.2 Å². The number of hydrogen-bond donors (Lipinski definition) is 2. The van der Waals surface area contributed by atoms with E-state index in [-0.39, 0.29) is 12.4 Å². The molecule has 0 rings (SSSR count). The van der Waals surface area contributed by atoms with Gasteiger partial charge < -0.3 is 14.9 Å². The smallest absolute Gasteiger partial charge is 0.309 e. The van der Waals surface area contributed by atoms with Crippen molar-refractivity contribution >= 4 is 28.6 Å². The molecule has 0 spiro atoms. The predicted octanol–water partition coefficient (Wildman–Crippen LogP) is 0.653. The highest BCUT2D eigenvalue weighted by atomic mass is 127. The maximum atomic E-state index is 10.8. The van der Waals surface area contributed by atoms with Crippen LogP contribution in [0.2, 0.25) is 0 Å². The fraction of sp³-hybridized carbons (Fsp3) is 0.667. The quantitative estimate of drug-likeness (QED) is 0.327. The summed E-state index contributed by atoms with van der Waals surface area (Å²) in [5.74, 6) is -0.333. The molecular formula is C9H15IO4. The minimum absolute atomic E-state index is 0.124. The molecule has 4 nitrogen and oxygen atoms in total. The van der Waals surface area contributed by atoms with Gasteiger partial charge in [0.1, 0.15) is 0 Å². The number of rotatable bonds is 6. The highest BCUT2D eigenvalue weighted by Gasteiger charge is 2.10. The highest BCUT2D eigenvalue weighted by molar-refractivity contribution is 14.1. The van der Waals surface area contributed by atoms with Crippen LogP contribution in [0.5, 0.6) is 0 Å². The van der Waals surface area contributed by atoms with E-state index in [2.05, 4.69) is 4.74 Å². The number of aliphatic hydroxyl groups is 2. The Morgan fingerprint density at radius 2 is 2.21 bits per heavy atom. The van der Waals surface area contributed by atoms with Crippen molar-refractivity contribution in [1.29, 1.82) is 0 Å². The number of hydrogen-bond acceptors (Lipinski definition) is 4. The van der Waals surface area contributed by atoms with Gasteiger partial charge in [-0.15, -0.1) is 0 Å². The molecule has 14 heavy (non-hydrogen) atoms. The number of alkyl halides is 1. The number of carbonyl (C=O) groups excluding carboxylic acids is 1. The van der Waals surface area contributed by atoms with E-state index >= 15 is 0 Å². The van der Waals surface area contributed by atoms with Crippen molar-refractivity contribution in [2.24, 2.45) is 0 Å². The molecule has 0 aliphatic carbocycles. The first-order valence-electron chi connectivity index (χ1n) is 4.36. The third-order valence-electron chi connectivity index (χ3n) is 1.48. The minimum Gasteiger partial charge on any atom is -0.466 e. The van der Waals surface area contributed by atoms with Crippen molar-refractivity contribution in [2.45, 2.75) is 25.6 Å². The summed E-state index contributed by atoms with van der Waals surface area (Å²) in [4.78, 5) is 10.8. The first-order valence-corrected chi connectivity index (χ1v) is 5.88. The highest BCUT2D eigenvalue weighted by Crippen LogP contribution is 2.00. The van der Waals surface area contributed by atoms with Gasteiger partial charge in [0.25, 0.3) is 0 Å². The van der Waals surface area contributed by atoms with Gasteiger partial charge >= 0.3 is 5.97 Å². The third-order valence-corrected chi connectivity index (χ3v) is 2.38. The first kappa shape index (κ1) is 13.9. The fourth-order valence-corrected chi connectivity index (χ4v) is 1.26. The molecule has 0 aliphatic heterocycles. The van der Waals surface area contributed by atoms with Gasteiger partial charge in [-0.1, -0.05) is 34.7 Å². The predicted molar refractivity (Wildman–Crippen MR) is 61.3 cm³/mol. The zero-order valence-electron chi connectivity index (χ0n) is 8.02. The van der Waals surface area contributed by atoms with Crippen LogP contribution in [-0.2, 0) is 9.53 Å². The van der Waals surface area contributed by atoms with Crippen LogP contribution < -0.4 is 0 Å². The van der Waals surface area contributed by atoms with Gasteiger partial charge in [-0.3, -0.25) is 4.79 Å². The van der Waals surface area contributed by atoms with Gasteiger partial charge in [0.2, 0.25) is 0 Å². The summed E-state index contributed by atoms with van der Waals surface area (Å²) in [5.41, 5.74) is 0. The summed E-state index contributed by atoms with van der Waals surface area (Å²) in [7, 11) is 0. The molecule has 82 valence electrons. The average molecular weight is 314 g/mol. The fourth-order valence-electron chi connectivity index (χ4n) is 0.743. The molecule has 0 aromatic carbocycles. The Labute approximate surface area is 97.1 Å². The molecule has 0 aromatic rings. The average Bonchev–Trinajstić information content (AvgIpc) is 2.16. The van der Waals surface area contributed by atoms with Gasteiger partial charge in [-0.25, -0.2) is 0 Å². The van der Waals surface area contributed by atoms with Gasteiger partial charge in [0.15, 0.2) is 0 Å². The zero-order valence-corrected chi connectivity index (χ0v) is 10.2. The minimum atomic E-state index is -0.915. The Morgan fingerprint density at radius 3 is 2.71 bits per heavy atom. The normalized spacial score (nSPS) is 15.4. The second-order valence-corrected chi connectivity index (χ2v) is 3.53. The lowest BCUT2D eigenvalue weighted by Gasteiger charge is -2.10. The molecular weight excluding hydrogens is 299 g/mol. The summed E-state index contributed by atoms with van der Waals surface area (Å²) in [6, 6.07) is 0. The van der Waals surface area contributed by atoms with Gasteiger partial charge in [-0.2, -0.15) is 0 Å². The Hall–Kier alpha value is -0.140. The SMILES string of the molecule is CCOC(=O)C/C=C/[C@H](O)[C@H](O)CI. The molecule has 0 fully saturated rings. The molecule has 2 N–H and O–H groups in total. The first-order chi connectivity index (χ1) is 6.61. The van der Waals surface area contributed by atoms with E-state index in [0.29, 0.717) is 11.0 Å². The largest absolute Gasteiger partial charge is 0.466 e. The van der Waals surface area contributed by atoms with E-state index in [1.165, 1.54) is 12.2 Å². The topological polar surface area (TPSA) is 66.8 Å². The molecule has 0 aliphatic rings. The Bertz CT molecular complexity index is 193. The van der Waals surface area contributed by atoms with Crippen LogP contribution in [0.4, 0.5) is 0 Å². The van der Waals surface area contributed by atoms with Gasteiger partial charge in [-0.05, 0) is 6.92 Å². The molecule has 2 atom stereocenters. The lowest BCUT2D eigenvalue weighted by atomic mass is 10.2. The second-order valence-electron chi connectivity index (χ2n) is 2.65. The third kappa shape index (κ3) is 6.33. The zero-order chi connectivity index (χ0) is 11.0. The second kappa shape index (κ2) is 8.19. The van der Waals surface area contributed by atoms with Crippen molar-refractivity contribution in [3.8, 4) is 0 Å². The molecule has 0 heterocycles. The summed E-state index contributed by atoms with van der Waals surface area (Å²) in [6.45, 7) is 2.09. The van der Waals surface area contributed by atoms with E-state index in [1.54, 1.807) is 6.92 Å². The molecule has 0 saturated heterocycles. The van der Waals surface area contributed by atoms with E-state index in [0.717, 1.165) is 0 Å². The summed E-state index contributed by atoms with van der Waals surface area (Å²) in [6.07, 6.45) is 1.33. The van der Waals surface area contributed by atoms with E-state index in [9.17, 15) is 15.0 Å². The number of ether oxygens (including phenoxy) is 1. The van der Waals surface area contributed by atoms with Crippen molar-refractivity contribution in [3.63, 3.8) is 0 Å². The standard InChI is InChI=1S/C9H15IO4/c1-2-14-9(13)5-3-4-7(11)8(12)6-10/h3-4,7-8,11-12H,2,5-6H2,1H3/b4-3+/t7-,8+/m0/s1. The molecule has 0 aromatic heterocycles. The van der Waals surface area contributed by atoms with Crippen LogP contribution in [0.25, 0.3) is 0 Å². The lowest BCUT2D eigenvalue weighted by molar-refractivity contribution is -0.142. The number of carbonyl (C=O) groups is 1. The van der Waals surface area contributed by atoms with Crippen LogP contribution >= 0.6 is 22.6 Å². The molecule has 0 unspecified atom stereocenters. The lowest BCUT2D eigenvalue weighted by Crippen LogP contribution is -2.24. The Kier molecular flexibility index (Phi) is 8.11. The van der Waals surface area contributed by atoms with E-state index in [1.807, 2.05) is 22.6 Å². The van der Waals surface area contributed by atoms with Crippen molar-refractivity contribution in [1.82, 2.24) is 0 Å². The van der Waals surface area contributed by atoms with E-state index < -0.39 is 12.2 Å². The maximum absolute atomic E-state index is 10.8. The van der Waals surface area contributed by atoms with Crippen LogP contribution in [0.3, 0.4) is 0 Å². The Balaban J connectivity index is 3.76. The Morgan fingerprint density at radius 1 is 1.57 bits per heavy atom. The molecule has 0 saturated carbocycles. The molecule has 0 radical (unpaired) electrons. The van der Waals surface area contributed by atoms with E-state index in [4.69, 9.17) is 0 Å².